The lowest BCUT2D eigenvalue weighted by Crippen LogP contribution is -2.48. The highest BCUT2D eigenvalue weighted by atomic mass is 35.5. The van der Waals surface area contributed by atoms with Crippen LogP contribution in [-0.4, -0.2) is 12.1 Å². The van der Waals surface area contributed by atoms with Crippen molar-refractivity contribution in [3.8, 4) is 0 Å². The van der Waals surface area contributed by atoms with Gasteiger partial charge in [-0.25, -0.2) is 0 Å². The van der Waals surface area contributed by atoms with Crippen molar-refractivity contribution in [1.82, 2.24) is 0 Å². The van der Waals surface area contributed by atoms with Crippen molar-refractivity contribution in [2.24, 2.45) is 0 Å². The molecule has 0 fully saturated rings. The van der Waals surface area contributed by atoms with Crippen LogP contribution in [0.15, 0.2) is 48.5 Å². The quantitative estimate of drug-likeness (QED) is 0.871. The van der Waals surface area contributed by atoms with E-state index in [1.54, 1.807) is 0 Å². The van der Waals surface area contributed by atoms with Crippen LogP contribution in [-0.2, 0) is 6.54 Å². The van der Waals surface area contributed by atoms with E-state index >= 15 is 0 Å². The van der Waals surface area contributed by atoms with E-state index in [-0.39, 0.29) is 5.54 Å². The molecule has 2 aromatic carbocycles. The summed E-state index contributed by atoms with van der Waals surface area (Å²) in [4.78, 5) is 2.41. The average Bonchev–Trinajstić information content (AvgIpc) is 2.37. The van der Waals surface area contributed by atoms with E-state index in [1.165, 1.54) is 16.9 Å². The molecule has 0 radical (unpaired) electrons. The lowest BCUT2D eigenvalue weighted by atomic mass is 9.98. The predicted octanol–water partition coefficient (Wildman–Crippen LogP) is 4.55. The van der Waals surface area contributed by atoms with Gasteiger partial charge in [-0.05, 0) is 43.7 Å². The summed E-state index contributed by atoms with van der Waals surface area (Å²) >= 11 is 6.09. The van der Waals surface area contributed by atoms with E-state index in [4.69, 9.17) is 11.6 Å². The lowest BCUT2D eigenvalue weighted by molar-refractivity contribution is 0.530. The van der Waals surface area contributed by atoms with Gasteiger partial charge in [0.2, 0.25) is 0 Å². The predicted molar refractivity (Wildman–Crippen MR) is 86.6 cm³/mol. The number of hydrogen-bond donors (Lipinski definition) is 1. The molecule has 0 bridgehead atoms. The molecule has 0 saturated carbocycles. The Labute approximate surface area is 125 Å². The molecule has 0 saturated heterocycles. The van der Waals surface area contributed by atoms with Crippen LogP contribution < -0.4 is 10.2 Å². The van der Waals surface area contributed by atoms with Crippen LogP contribution in [0.2, 0.25) is 5.02 Å². The van der Waals surface area contributed by atoms with Gasteiger partial charge in [-0.1, -0.05) is 35.9 Å². The third kappa shape index (κ3) is 2.75. The van der Waals surface area contributed by atoms with E-state index < -0.39 is 0 Å². The first-order chi connectivity index (χ1) is 9.53. The minimum atomic E-state index is 0.0624. The Morgan fingerprint density at radius 2 is 1.95 bits per heavy atom. The number of nitrogens with one attached hydrogen (secondary N) is 1. The number of nitrogens with zero attached hydrogens (tertiary/aromatic N) is 1. The fourth-order valence-corrected chi connectivity index (χ4v) is 3.03. The molecule has 0 aliphatic carbocycles. The fourth-order valence-electron chi connectivity index (χ4n) is 2.82. The maximum Gasteiger partial charge on any atom is 0.0606 e. The highest BCUT2D eigenvalue weighted by molar-refractivity contribution is 6.30. The van der Waals surface area contributed by atoms with E-state index in [0.717, 1.165) is 18.1 Å². The molecule has 1 heterocycles. The topological polar surface area (TPSA) is 15.3 Å². The zero-order valence-electron chi connectivity index (χ0n) is 11.9. The van der Waals surface area contributed by atoms with Gasteiger partial charge < -0.3 is 10.2 Å². The van der Waals surface area contributed by atoms with Crippen molar-refractivity contribution >= 4 is 23.0 Å². The summed E-state index contributed by atoms with van der Waals surface area (Å²) in [5.41, 5.74) is 3.76. The number of anilines is 2. The van der Waals surface area contributed by atoms with Gasteiger partial charge in [-0.15, -0.1) is 0 Å². The minimum Gasteiger partial charge on any atom is -0.377 e. The highest BCUT2D eigenvalue weighted by Gasteiger charge is 2.28. The lowest BCUT2D eigenvalue weighted by Gasteiger charge is -2.42. The minimum absolute atomic E-state index is 0.0624. The molecule has 0 aromatic heterocycles. The molecular weight excluding hydrogens is 268 g/mol. The Morgan fingerprint density at radius 3 is 2.75 bits per heavy atom. The van der Waals surface area contributed by atoms with Crippen molar-refractivity contribution in [2.75, 3.05) is 16.8 Å². The van der Waals surface area contributed by atoms with Crippen LogP contribution in [0.25, 0.3) is 0 Å². The van der Waals surface area contributed by atoms with Gasteiger partial charge in [0.1, 0.15) is 0 Å². The molecule has 0 unspecified atom stereocenters. The normalized spacial score (nSPS) is 16.4. The third-order valence-electron chi connectivity index (χ3n) is 3.57. The number of halogens is 1. The molecule has 1 N–H and O–H groups in total. The Balaban J connectivity index is 1.93. The van der Waals surface area contributed by atoms with Crippen molar-refractivity contribution < 1.29 is 0 Å². The zero-order chi connectivity index (χ0) is 14.2. The Bertz CT molecular complexity index is 622. The number of benzene rings is 2. The van der Waals surface area contributed by atoms with Crippen molar-refractivity contribution in [3.05, 3.63) is 59.1 Å². The molecule has 1 aliphatic heterocycles. The van der Waals surface area contributed by atoms with Gasteiger partial charge >= 0.3 is 0 Å². The van der Waals surface area contributed by atoms with Crippen LogP contribution >= 0.6 is 11.6 Å². The maximum absolute atomic E-state index is 6.09. The van der Waals surface area contributed by atoms with Crippen LogP contribution in [0.5, 0.6) is 0 Å². The Hall–Kier alpha value is -1.67. The first-order valence-corrected chi connectivity index (χ1v) is 7.28. The van der Waals surface area contributed by atoms with Gasteiger partial charge in [-0.2, -0.15) is 0 Å². The monoisotopic (exact) mass is 286 g/mol. The zero-order valence-corrected chi connectivity index (χ0v) is 12.6. The smallest absolute Gasteiger partial charge is 0.0606 e. The largest absolute Gasteiger partial charge is 0.377 e. The van der Waals surface area contributed by atoms with E-state index in [9.17, 15) is 0 Å². The summed E-state index contributed by atoms with van der Waals surface area (Å²) in [7, 11) is 0. The van der Waals surface area contributed by atoms with Crippen molar-refractivity contribution in [1.29, 1.82) is 0 Å². The van der Waals surface area contributed by atoms with E-state index in [0.29, 0.717) is 0 Å². The molecule has 0 spiro atoms. The van der Waals surface area contributed by atoms with Gasteiger partial charge in [0, 0.05) is 23.7 Å². The second-order valence-electron chi connectivity index (χ2n) is 6.01. The van der Waals surface area contributed by atoms with Gasteiger partial charge in [0.05, 0.1) is 11.4 Å². The molecule has 2 nitrogen and oxygen atoms in total. The van der Waals surface area contributed by atoms with Crippen LogP contribution in [0.4, 0.5) is 11.4 Å². The summed E-state index contributed by atoms with van der Waals surface area (Å²) in [6.07, 6.45) is 0. The van der Waals surface area contributed by atoms with Crippen molar-refractivity contribution in [2.45, 2.75) is 25.9 Å². The first kappa shape index (κ1) is 13.3. The highest BCUT2D eigenvalue weighted by Crippen LogP contribution is 2.35. The Morgan fingerprint density at radius 1 is 1.15 bits per heavy atom. The van der Waals surface area contributed by atoms with Gasteiger partial charge in [0.25, 0.3) is 0 Å². The number of para-hydroxylation sites is 2. The summed E-state index contributed by atoms with van der Waals surface area (Å²) < 4.78 is 0. The summed E-state index contributed by atoms with van der Waals surface area (Å²) in [6, 6.07) is 16.6. The molecule has 0 atom stereocenters. The second kappa shape index (κ2) is 5.02. The molecule has 104 valence electrons. The molecule has 1 aliphatic rings. The summed E-state index contributed by atoms with van der Waals surface area (Å²) in [5, 5.41) is 4.39. The molecular formula is C17H19ClN2. The van der Waals surface area contributed by atoms with Crippen LogP contribution in [0.1, 0.15) is 19.4 Å². The second-order valence-corrected chi connectivity index (χ2v) is 6.45. The summed E-state index contributed by atoms with van der Waals surface area (Å²) in [5.74, 6) is 0. The molecule has 0 amide bonds. The molecule has 20 heavy (non-hydrogen) atoms. The number of rotatable bonds is 2. The van der Waals surface area contributed by atoms with E-state index in [2.05, 4.69) is 54.4 Å². The molecule has 3 rings (SSSR count). The molecule has 2 aromatic rings. The van der Waals surface area contributed by atoms with E-state index in [1.807, 2.05) is 18.2 Å². The maximum atomic E-state index is 6.09. The van der Waals surface area contributed by atoms with Gasteiger partial charge in [0.15, 0.2) is 0 Å². The standard InChI is InChI=1S/C17H19ClN2/c1-17(2)12-20(11-13-6-5-7-14(18)10-13)16-9-4-3-8-15(16)19-17/h3-10,19H,11-12H2,1-2H3. The van der Waals surface area contributed by atoms with Crippen LogP contribution in [0.3, 0.4) is 0 Å². The first-order valence-electron chi connectivity index (χ1n) is 6.90. The van der Waals surface area contributed by atoms with Crippen LogP contribution in [0, 0.1) is 0 Å². The average molecular weight is 287 g/mol. The Kier molecular flexibility index (Phi) is 3.35. The third-order valence-corrected chi connectivity index (χ3v) is 3.80. The molecule has 3 heteroatoms. The number of fused-ring (bicyclic) bond motifs is 1. The summed E-state index contributed by atoms with van der Waals surface area (Å²) in [6.45, 7) is 6.31. The van der Waals surface area contributed by atoms with Crippen molar-refractivity contribution in [3.63, 3.8) is 0 Å². The van der Waals surface area contributed by atoms with Gasteiger partial charge in [-0.3, -0.25) is 0 Å². The SMILES string of the molecule is CC1(C)CN(Cc2cccc(Cl)c2)c2ccccc2N1. The fraction of sp³-hybridized carbons (Fsp3) is 0.294. The number of hydrogen-bond acceptors (Lipinski definition) is 2.